The summed E-state index contributed by atoms with van der Waals surface area (Å²) in [7, 11) is 0. The smallest absolute Gasteiger partial charge is 0.545 e. The molecule has 0 aliphatic carbocycles. The monoisotopic (exact) mass is 340 g/mol. The minimum Gasteiger partial charge on any atom is -0.545 e. The van der Waals surface area contributed by atoms with Crippen molar-refractivity contribution in [3.8, 4) is 0 Å². The van der Waals surface area contributed by atoms with Crippen molar-refractivity contribution in [3.63, 3.8) is 0 Å². The van der Waals surface area contributed by atoms with Gasteiger partial charge in [-0.3, -0.25) is 0 Å². The van der Waals surface area contributed by atoms with E-state index in [4.69, 9.17) is 0 Å². The first-order valence-electron chi connectivity index (χ1n) is 2.78. The van der Waals surface area contributed by atoms with Gasteiger partial charge in [-0.25, -0.2) is 0 Å². The van der Waals surface area contributed by atoms with Gasteiger partial charge in [-0.05, 0) is 10.8 Å². The zero-order chi connectivity index (χ0) is 9.14. The van der Waals surface area contributed by atoms with E-state index in [-0.39, 0.29) is 53.1 Å². The fourth-order valence-corrected chi connectivity index (χ4v) is 2.39. The molecule has 0 aromatic carbocycles. The molecule has 0 aromatic heterocycles. The molecule has 0 saturated carbocycles. The summed E-state index contributed by atoms with van der Waals surface area (Å²) in [5, 5.41) is 23.7. The second-order valence-corrected chi connectivity index (χ2v) is 3.84. The van der Waals surface area contributed by atoms with Crippen LogP contribution in [0, 0.1) is 0 Å². The van der Waals surface area contributed by atoms with E-state index in [0.717, 1.165) is 23.5 Å². The van der Waals surface area contributed by atoms with Crippen LogP contribution in [-0.4, -0.2) is 60.8 Å². The molecular weight excluding hydrogens is 338 g/mol. The summed E-state index contributed by atoms with van der Waals surface area (Å²) in [6.07, 6.45) is 0. The van der Waals surface area contributed by atoms with Crippen LogP contribution in [0.4, 0.5) is 0 Å². The Morgan fingerprint density at radius 2 is 1.46 bits per heavy atom. The molecule has 13 heavy (non-hydrogen) atoms. The minimum absolute atomic E-state index is 0. The van der Waals surface area contributed by atoms with Crippen LogP contribution < -0.4 is 10.2 Å². The number of carboxylic acids is 2. The van der Waals surface area contributed by atoms with Crippen molar-refractivity contribution in [3.05, 3.63) is 20.6 Å². The molecule has 0 aromatic rings. The van der Waals surface area contributed by atoms with Crippen molar-refractivity contribution >= 4 is 84.3 Å². The number of hydrogen-bond donors (Lipinski definition) is 0. The van der Waals surface area contributed by atoms with E-state index in [1.54, 1.807) is 10.8 Å². The quantitative estimate of drug-likeness (QED) is 0.257. The number of carbonyl (C=O) groups is 2. The van der Waals surface area contributed by atoms with E-state index in [2.05, 4.69) is 0 Å². The minimum atomic E-state index is -1.71. The van der Waals surface area contributed by atoms with Gasteiger partial charge in [0.15, 0.2) is 0 Å². The van der Waals surface area contributed by atoms with Gasteiger partial charge in [0.05, 0.1) is 16.2 Å². The maximum atomic E-state index is 10.3. The first kappa shape index (κ1) is 13.7. The van der Waals surface area contributed by atoms with Gasteiger partial charge >= 0.3 is 48.9 Å². The number of carbonyl (C=O) groups excluding carboxylic acids is 2. The first-order valence-corrected chi connectivity index (χ1v) is 4.54. The Kier molecular flexibility index (Phi) is 6.56. The molecule has 0 N–H and O–H groups in total. The van der Waals surface area contributed by atoms with Gasteiger partial charge in [0, 0.05) is 5.57 Å². The third kappa shape index (κ3) is 3.74. The van der Waals surface area contributed by atoms with Crippen LogP contribution in [0.2, 0.25) is 0 Å². The van der Waals surface area contributed by atoms with Gasteiger partial charge in [0.1, 0.15) is 0 Å². The summed E-state index contributed by atoms with van der Waals surface area (Å²) >= 11 is 2.05. The Morgan fingerprint density at radius 3 is 1.77 bits per heavy atom. The number of aliphatic carboxylic acids is 2. The van der Waals surface area contributed by atoms with Gasteiger partial charge < -0.3 is 19.8 Å². The molecule has 0 unspecified atom stereocenters. The molecular formula is C6H2BaO4S2. The molecule has 1 aliphatic heterocycles. The standard InChI is InChI=1S/C6H4O4S2.Ba/c7-4(8)3(5(9)10)6-11-1-2-12-6;/h1-2H,(H,7,8)(H,9,10);/q;+2/p-2. The zero-order valence-electron chi connectivity index (χ0n) is 6.31. The molecule has 0 fully saturated rings. The van der Waals surface area contributed by atoms with Crippen LogP contribution in [0.15, 0.2) is 20.6 Å². The van der Waals surface area contributed by atoms with Crippen molar-refractivity contribution in [2.24, 2.45) is 0 Å². The van der Waals surface area contributed by atoms with Gasteiger partial charge in [0.25, 0.3) is 0 Å². The van der Waals surface area contributed by atoms with Crippen molar-refractivity contribution in [1.29, 1.82) is 0 Å². The second kappa shape index (κ2) is 6.23. The van der Waals surface area contributed by atoms with Crippen LogP contribution in [0.3, 0.4) is 0 Å². The molecule has 0 spiro atoms. The summed E-state index contributed by atoms with van der Waals surface area (Å²) < 4.78 is 0.176. The molecule has 0 atom stereocenters. The van der Waals surface area contributed by atoms with Crippen molar-refractivity contribution < 1.29 is 19.8 Å². The molecule has 0 radical (unpaired) electrons. The normalized spacial score (nSPS) is 13.7. The summed E-state index contributed by atoms with van der Waals surface area (Å²) in [6.45, 7) is 0. The summed E-state index contributed by atoms with van der Waals surface area (Å²) in [5.41, 5.74) is -0.782. The number of hydrogen-bond acceptors (Lipinski definition) is 6. The molecule has 7 heteroatoms. The van der Waals surface area contributed by atoms with Gasteiger partial charge in [-0.1, -0.05) is 23.5 Å². The largest absolute Gasteiger partial charge is 2.00 e. The Morgan fingerprint density at radius 1 is 1.08 bits per heavy atom. The Labute approximate surface area is 123 Å². The van der Waals surface area contributed by atoms with Crippen molar-refractivity contribution in [1.82, 2.24) is 0 Å². The average Bonchev–Trinajstić information content (AvgIpc) is 2.37. The molecule has 1 rings (SSSR count). The third-order valence-corrected chi connectivity index (χ3v) is 3.15. The van der Waals surface area contributed by atoms with Crippen LogP contribution in [0.5, 0.6) is 0 Å². The number of thioether (sulfide) groups is 2. The second-order valence-electron chi connectivity index (χ2n) is 1.75. The molecule has 0 saturated heterocycles. The number of rotatable bonds is 2. The maximum Gasteiger partial charge on any atom is 2.00 e. The van der Waals surface area contributed by atoms with Crippen LogP contribution in [0.25, 0.3) is 0 Å². The van der Waals surface area contributed by atoms with E-state index in [0.29, 0.717) is 0 Å². The predicted molar refractivity (Wildman–Crippen MR) is 47.1 cm³/mol. The average molecular weight is 340 g/mol. The Bertz CT molecular complexity index is 271. The van der Waals surface area contributed by atoms with Gasteiger partial charge in [0.2, 0.25) is 0 Å². The van der Waals surface area contributed by atoms with E-state index in [1.165, 1.54) is 0 Å². The summed E-state index contributed by atoms with van der Waals surface area (Å²) in [6, 6.07) is 0. The van der Waals surface area contributed by atoms with Crippen molar-refractivity contribution in [2.75, 3.05) is 0 Å². The third-order valence-electron chi connectivity index (χ3n) is 1.02. The Balaban J connectivity index is 0.00000144. The fourth-order valence-electron chi connectivity index (χ4n) is 0.575. The fraction of sp³-hybridized carbons (Fsp3) is 0. The molecule has 4 nitrogen and oxygen atoms in total. The Hall–Kier alpha value is 0.691. The zero-order valence-corrected chi connectivity index (χ0v) is 12.4. The van der Waals surface area contributed by atoms with Crippen LogP contribution >= 0.6 is 23.5 Å². The molecule has 0 bridgehead atoms. The van der Waals surface area contributed by atoms with E-state index in [1.807, 2.05) is 0 Å². The van der Waals surface area contributed by atoms with Crippen molar-refractivity contribution in [2.45, 2.75) is 0 Å². The van der Waals surface area contributed by atoms with E-state index in [9.17, 15) is 19.8 Å². The SMILES string of the molecule is O=C([O-])C(C(=O)[O-])=C1SC=CS1.[Ba+2]. The molecule has 1 heterocycles. The van der Waals surface area contributed by atoms with E-state index >= 15 is 0 Å². The van der Waals surface area contributed by atoms with Gasteiger partial charge in [-0.2, -0.15) is 0 Å². The topological polar surface area (TPSA) is 80.3 Å². The number of carboxylic acid groups (broad SMARTS) is 2. The molecule has 64 valence electrons. The molecule has 0 amide bonds. The van der Waals surface area contributed by atoms with E-state index < -0.39 is 17.5 Å². The summed E-state index contributed by atoms with van der Waals surface area (Å²) in [4.78, 5) is 20.6. The summed E-state index contributed by atoms with van der Waals surface area (Å²) in [5.74, 6) is -3.43. The van der Waals surface area contributed by atoms with Crippen LogP contribution in [0.1, 0.15) is 0 Å². The maximum absolute atomic E-state index is 10.3. The predicted octanol–water partition coefficient (Wildman–Crippen LogP) is -1.73. The van der Waals surface area contributed by atoms with Crippen LogP contribution in [-0.2, 0) is 9.59 Å². The van der Waals surface area contributed by atoms with Gasteiger partial charge in [-0.15, -0.1) is 0 Å². The first-order chi connectivity index (χ1) is 5.63. The molecule has 1 aliphatic rings.